The number of amides is 1. The van der Waals surface area contributed by atoms with Crippen LogP contribution in [-0.4, -0.2) is 24.3 Å². The number of methoxy groups -OCH3 is 1. The Labute approximate surface area is 194 Å². The average Bonchev–Trinajstić information content (AvgIpc) is 2.78. The van der Waals surface area contributed by atoms with Crippen LogP contribution < -0.4 is 15.4 Å². The van der Waals surface area contributed by atoms with Crippen LogP contribution in [0.4, 0.5) is 5.69 Å². The standard InChI is InChI=1S/C28H28N2O3/c1-18-8-10-19(11-9-18)27(32)29-22-7-5-6-20(14-22)26(31)16-25-24-15-23(33-4)13-12-21(24)17-28(2,3)30-25/h5-16,30H,17H2,1-4H3,(H,29,32)/b25-16-. The lowest BCUT2D eigenvalue weighted by Gasteiger charge is -2.35. The van der Waals surface area contributed by atoms with Gasteiger partial charge in [0.1, 0.15) is 5.75 Å². The molecule has 1 heterocycles. The van der Waals surface area contributed by atoms with E-state index < -0.39 is 0 Å². The van der Waals surface area contributed by atoms with E-state index in [9.17, 15) is 9.59 Å². The Kier molecular flexibility index (Phi) is 6.05. The Bertz CT molecular complexity index is 1240. The molecule has 5 nitrogen and oxygen atoms in total. The van der Waals surface area contributed by atoms with E-state index in [0.717, 1.165) is 34.6 Å². The van der Waals surface area contributed by atoms with Gasteiger partial charge in [0.05, 0.1) is 7.11 Å². The van der Waals surface area contributed by atoms with Gasteiger partial charge in [-0.15, -0.1) is 0 Å². The molecule has 3 aromatic rings. The number of anilines is 1. The summed E-state index contributed by atoms with van der Waals surface area (Å²) >= 11 is 0. The van der Waals surface area contributed by atoms with Crippen molar-refractivity contribution in [2.24, 2.45) is 0 Å². The van der Waals surface area contributed by atoms with Crippen LogP contribution in [0.5, 0.6) is 5.75 Å². The van der Waals surface area contributed by atoms with E-state index in [2.05, 4.69) is 30.5 Å². The maximum absolute atomic E-state index is 13.2. The molecule has 0 atom stereocenters. The average molecular weight is 441 g/mol. The van der Waals surface area contributed by atoms with Crippen LogP contribution in [0, 0.1) is 6.92 Å². The number of hydrogen-bond donors (Lipinski definition) is 2. The van der Waals surface area contributed by atoms with E-state index in [1.165, 1.54) is 0 Å². The Morgan fingerprint density at radius 2 is 1.76 bits per heavy atom. The number of allylic oxidation sites excluding steroid dienone is 1. The van der Waals surface area contributed by atoms with Crippen LogP contribution in [-0.2, 0) is 6.42 Å². The molecule has 0 saturated carbocycles. The van der Waals surface area contributed by atoms with Gasteiger partial charge >= 0.3 is 0 Å². The predicted molar refractivity (Wildman–Crippen MR) is 132 cm³/mol. The summed E-state index contributed by atoms with van der Waals surface area (Å²) in [5, 5.41) is 6.37. The number of ether oxygens (including phenoxy) is 1. The van der Waals surface area contributed by atoms with Crippen molar-refractivity contribution in [3.05, 3.63) is 101 Å². The van der Waals surface area contributed by atoms with Gasteiger partial charge in [-0.05, 0) is 69.2 Å². The number of fused-ring (bicyclic) bond motifs is 1. The molecule has 3 aromatic carbocycles. The summed E-state index contributed by atoms with van der Waals surface area (Å²) in [6.45, 7) is 6.20. The van der Waals surface area contributed by atoms with Crippen LogP contribution >= 0.6 is 0 Å². The molecule has 1 aliphatic heterocycles. The molecular formula is C28H28N2O3. The summed E-state index contributed by atoms with van der Waals surface area (Å²) in [6.07, 6.45) is 2.47. The lowest BCUT2D eigenvalue weighted by molar-refractivity contribution is 0.102. The highest BCUT2D eigenvalue weighted by molar-refractivity contribution is 6.10. The first-order chi connectivity index (χ1) is 15.7. The normalized spacial score (nSPS) is 15.3. The van der Waals surface area contributed by atoms with E-state index in [4.69, 9.17) is 4.74 Å². The smallest absolute Gasteiger partial charge is 0.255 e. The minimum Gasteiger partial charge on any atom is -0.497 e. The highest BCUT2D eigenvalue weighted by Gasteiger charge is 2.28. The van der Waals surface area contributed by atoms with Crippen molar-refractivity contribution in [3.8, 4) is 5.75 Å². The maximum Gasteiger partial charge on any atom is 0.255 e. The summed E-state index contributed by atoms with van der Waals surface area (Å²) in [5.41, 5.74) is 5.44. The van der Waals surface area contributed by atoms with Crippen molar-refractivity contribution in [1.82, 2.24) is 5.32 Å². The van der Waals surface area contributed by atoms with E-state index in [1.54, 1.807) is 49.6 Å². The van der Waals surface area contributed by atoms with Gasteiger partial charge in [-0.3, -0.25) is 9.59 Å². The first-order valence-electron chi connectivity index (χ1n) is 10.9. The molecule has 0 spiro atoms. The van der Waals surface area contributed by atoms with E-state index >= 15 is 0 Å². The summed E-state index contributed by atoms with van der Waals surface area (Å²) < 4.78 is 5.39. The van der Waals surface area contributed by atoms with Crippen molar-refractivity contribution in [3.63, 3.8) is 0 Å². The topological polar surface area (TPSA) is 67.4 Å². The molecule has 0 saturated heterocycles. The van der Waals surface area contributed by atoms with Crippen molar-refractivity contribution in [1.29, 1.82) is 0 Å². The number of carbonyl (C=O) groups excluding carboxylic acids is 2. The number of ketones is 1. The van der Waals surface area contributed by atoms with Gasteiger partial charge in [0.25, 0.3) is 5.91 Å². The number of rotatable bonds is 5. The Morgan fingerprint density at radius 3 is 2.48 bits per heavy atom. The second kappa shape index (κ2) is 8.94. The van der Waals surface area contributed by atoms with Gasteiger partial charge < -0.3 is 15.4 Å². The molecule has 4 rings (SSSR count). The highest BCUT2D eigenvalue weighted by atomic mass is 16.5. The third kappa shape index (κ3) is 5.14. The SMILES string of the molecule is COc1ccc2c(c1)/C(=C/C(=O)c1cccc(NC(=O)c3ccc(C)cc3)c1)NC(C)(C)C2. The Balaban J connectivity index is 1.60. The van der Waals surface area contributed by atoms with Gasteiger partial charge in [-0.2, -0.15) is 0 Å². The minimum absolute atomic E-state index is 0.143. The first-order valence-corrected chi connectivity index (χ1v) is 10.9. The van der Waals surface area contributed by atoms with Gasteiger partial charge in [-0.1, -0.05) is 35.9 Å². The zero-order chi connectivity index (χ0) is 23.6. The van der Waals surface area contributed by atoms with Gasteiger partial charge in [0, 0.05) is 39.7 Å². The molecule has 0 aromatic heterocycles. The molecule has 168 valence electrons. The zero-order valence-electron chi connectivity index (χ0n) is 19.4. The number of hydrogen-bond acceptors (Lipinski definition) is 4. The summed E-state index contributed by atoms with van der Waals surface area (Å²) in [4.78, 5) is 25.7. The maximum atomic E-state index is 13.2. The van der Waals surface area contributed by atoms with Crippen molar-refractivity contribution in [2.75, 3.05) is 12.4 Å². The largest absolute Gasteiger partial charge is 0.497 e. The summed E-state index contributed by atoms with van der Waals surface area (Å²) in [6, 6.07) is 20.3. The van der Waals surface area contributed by atoms with Gasteiger partial charge in [0.15, 0.2) is 5.78 Å². The fraction of sp³-hybridized carbons (Fsp3) is 0.214. The molecule has 5 heteroatoms. The van der Waals surface area contributed by atoms with Crippen LogP contribution in [0.1, 0.15) is 51.3 Å². The molecule has 0 aliphatic carbocycles. The number of nitrogens with one attached hydrogen (secondary N) is 2. The monoisotopic (exact) mass is 440 g/mol. The summed E-state index contributed by atoms with van der Waals surface area (Å²) in [7, 11) is 1.63. The number of benzene rings is 3. The van der Waals surface area contributed by atoms with Gasteiger partial charge in [-0.25, -0.2) is 0 Å². The lowest BCUT2D eigenvalue weighted by Crippen LogP contribution is -2.43. The molecular weight excluding hydrogens is 412 g/mol. The molecule has 1 aliphatic rings. The fourth-order valence-electron chi connectivity index (χ4n) is 4.03. The number of aryl methyl sites for hydroxylation is 1. The Morgan fingerprint density at radius 1 is 1.00 bits per heavy atom. The first kappa shape index (κ1) is 22.3. The fourth-order valence-corrected chi connectivity index (χ4v) is 4.03. The van der Waals surface area contributed by atoms with Crippen molar-refractivity contribution >= 4 is 23.1 Å². The molecule has 0 fully saturated rings. The molecule has 2 N–H and O–H groups in total. The third-order valence-corrected chi connectivity index (χ3v) is 5.71. The van der Waals surface area contributed by atoms with Gasteiger partial charge in [0.2, 0.25) is 0 Å². The zero-order valence-corrected chi connectivity index (χ0v) is 19.4. The molecule has 33 heavy (non-hydrogen) atoms. The van der Waals surface area contributed by atoms with E-state index in [1.807, 2.05) is 31.2 Å². The minimum atomic E-state index is -0.213. The second-order valence-corrected chi connectivity index (χ2v) is 9.03. The molecule has 0 unspecified atom stereocenters. The van der Waals surface area contributed by atoms with E-state index in [-0.39, 0.29) is 17.2 Å². The predicted octanol–water partition coefficient (Wildman–Crippen LogP) is 5.40. The number of carbonyl (C=O) groups is 2. The van der Waals surface area contributed by atoms with Crippen molar-refractivity contribution in [2.45, 2.75) is 32.7 Å². The highest BCUT2D eigenvalue weighted by Crippen LogP contribution is 2.32. The quantitative estimate of drug-likeness (QED) is 0.412. The van der Waals surface area contributed by atoms with E-state index in [0.29, 0.717) is 16.8 Å². The van der Waals surface area contributed by atoms with Crippen LogP contribution in [0.15, 0.2) is 72.8 Å². The Hall–Kier alpha value is -3.86. The second-order valence-electron chi connectivity index (χ2n) is 9.03. The summed E-state index contributed by atoms with van der Waals surface area (Å²) in [5.74, 6) is 0.388. The van der Waals surface area contributed by atoms with Crippen LogP contribution in [0.2, 0.25) is 0 Å². The lowest BCUT2D eigenvalue weighted by atomic mass is 9.85. The van der Waals surface area contributed by atoms with Crippen LogP contribution in [0.3, 0.4) is 0 Å². The third-order valence-electron chi connectivity index (χ3n) is 5.71. The molecule has 1 amide bonds. The molecule has 0 bridgehead atoms. The molecule has 0 radical (unpaired) electrons. The van der Waals surface area contributed by atoms with Crippen LogP contribution in [0.25, 0.3) is 5.70 Å². The van der Waals surface area contributed by atoms with Crippen molar-refractivity contribution < 1.29 is 14.3 Å².